The zero-order chi connectivity index (χ0) is 18.1. The summed E-state index contributed by atoms with van der Waals surface area (Å²) >= 11 is 1.39. The quantitative estimate of drug-likeness (QED) is 0.568. The van der Waals surface area contributed by atoms with Gasteiger partial charge in [0.15, 0.2) is 5.13 Å². The number of anilines is 1. The van der Waals surface area contributed by atoms with Crippen LogP contribution < -0.4 is 5.32 Å². The molecule has 5 nitrogen and oxygen atoms in total. The monoisotopic (exact) mass is 363 g/mol. The fourth-order valence-corrected chi connectivity index (χ4v) is 3.49. The van der Waals surface area contributed by atoms with Crippen molar-refractivity contribution in [3.8, 4) is 11.4 Å². The van der Waals surface area contributed by atoms with Gasteiger partial charge in [-0.3, -0.25) is 9.78 Å². The van der Waals surface area contributed by atoms with Crippen molar-refractivity contribution in [3.63, 3.8) is 0 Å². The second-order valence-electron chi connectivity index (χ2n) is 6.17. The molecule has 0 spiro atoms. The lowest BCUT2D eigenvalue weighted by molar-refractivity contribution is -0.115. The average molecular weight is 363 g/mol. The number of furan rings is 1. The van der Waals surface area contributed by atoms with Crippen LogP contribution in [0.2, 0.25) is 0 Å². The summed E-state index contributed by atoms with van der Waals surface area (Å²) in [6.07, 6.45) is 3.62. The summed E-state index contributed by atoms with van der Waals surface area (Å²) in [6.45, 7) is 4.10. The summed E-state index contributed by atoms with van der Waals surface area (Å²) in [5, 5.41) is 6.29. The summed E-state index contributed by atoms with van der Waals surface area (Å²) in [5.74, 6) is -0.118. The molecule has 0 saturated carbocycles. The molecule has 0 radical (unpaired) electrons. The van der Waals surface area contributed by atoms with Crippen molar-refractivity contribution in [2.75, 3.05) is 5.32 Å². The summed E-state index contributed by atoms with van der Waals surface area (Å²) in [4.78, 5) is 21.1. The second kappa shape index (κ2) is 6.72. The molecule has 0 aliphatic rings. The van der Waals surface area contributed by atoms with Gasteiger partial charge in [0.05, 0.1) is 18.4 Å². The maximum atomic E-state index is 12.4. The topological polar surface area (TPSA) is 68.0 Å². The van der Waals surface area contributed by atoms with E-state index in [9.17, 15) is 4.79 Å². The van der Waals surface area contributed by atoms with E-state index in [2.05, 4.69) is 28.3 Å². The molecule has 0 aliphatic heterocycles. The number of nitrogens with zero attached hydrogens (tertiary/aromatic N) is 2. The van der Waals surface area contributed by atoms with Crippen molar-refractivity contribution in [3.05, 3.63) is 64.9 Å². The third kappa shape index (κ3) is 3.23. The smallest absolute Gasteiger partial charge is 0.230 e. The van der Waals surface area contributed by atoms with Gasteiger partial charge in [0.2, 0.25) is 5.91 Å². The van der Waals surface area contributed by atoms with Crippen LogP contribution in [0.25, 0.3) is 22.4 Å². The summed E-state index contributed by atoms with van der Waals surface area (Å²) in [5.41, 5.74) is 5.58. The van der Waals surface area contributed by atoms with Gasteiger partial charge in [0, 0.05) is 22.5 Å². The van der Waals surface area contributed by atoms with E-state index < -0.39 is 0 Å². The van der Waals surface area contributed by atoms with E-state index in [1.165, 1.54) is 22.5 Å². The van der Waals surface area contributed by atoms with Crippen molar-refractivity contribution in [2.24, 2.45) is 0 Å². The Balaban J connectivity index is 1.50. The number of carbonyl (C=O) groups is 1. The van der Waals surface area contributed by atoms with Gasteiger partial charge >= 0.3 is 0 Å². The first kappa shape index (κ1) is 16.5. The fraction of sp³-hybridized carbons (Fsp3) is 0.150. The minimum Gasteiger partial charge on any atom is -0.464 e. The van der Waals surface area contributed by atoms with Gasteiger partial charge in [-0.05, 0) is 49.2 Å². The van der Waals surface area contributed by atoms with Crippen LogP contribution >= 0.6 is 11.3 Å². The zero-order valence-corrected chi connectivity index (χ0v) is 15.3. The SMILES string of the molecule is Cc1cc2occ(CC(=O)Nc3nc(-c4ccccn4)cs3)c2cc1C. The Kier molecular flexibility index (Phi) is 4.26. The van der Waals surface area contributed by atoms with E-state index in [1.54, 1.807) is 12.5 Å². The molecule has 0 bridgehead atoms. The molecule has 1 aromatic carbocycles. The lowest BCUT2D eigenvalue weighted by atomic mass is 10.0. The maximum Gasteiger partial charge on any atom is 0.230 e. The van der Waals surface area contributed by atoms with E-state index in [4.69, 9.17) is 4.42 Å². The van der Waals surface area contributed by atoms with E-state index in [0.717, 1.165) is 27.9 Å². The van der Waals surface area contributed by atoms with Gasteiger partial charge in [-0.1, -0.05) is 6.07 Å². The Morgan fingerprint density at radius 1 is 1.19 bits per heavy atom. The summed E-state index contributed by atoms with van der Waals surface area (Å²) < 4.78 is 5.60. The van der Waals surface area contributed by atoms with Crippen LogP contribution in [0.1, 0.15) is 16.7 Å². The van der Waals surface area contributed by atoms with Crippen LogP contribution in [-0.4, -0.2) is 15.9 Å². The number of nitrogens with one attached hydrogen (secondary N) is 1. The molecular weight excluding hydrogens is 346 g/mol. The van der Waals surface area contributed by atoms with Crippen LogP contribution in [0.4, 0.5) is 5.13 Å². The molecule has 0 fully saturated rings. The van der Waals surface area contributed by atoms with Gasteiger partial charge in [0.25, 0.3) is 0 Å². The molecule has 130 valence electrons. The molecule has 4 aromatic rings. The Labute approximate surface area is 154 Å². The lowest BCUT2D eigenvalue weighted by Gasteiger charge is -2.02. The number of rotatable bonds is 4. The Morgan fingerprint density at radius 3 is 2.85 bits per heavy atom. The molecule has 3 aromatic heterocycles. The van der Waals surface area contributed by atoms with E-state index in [1.807, 2.05) is 36.6 Å². The molecule has 6 heteroatoms. The van der Waals surface area contributed by atoms with Gasteiger partial charge < -0.3 is 9.73 Å². The standard InChI is InChI=1S/C20H17N3O2S/c1-12-7-15-14(10-25-18(15)8-13(12)2)9-19(24)23-20-22-17(11-26-20)16-5-3-4-6-21-16/h3-8,10-11H,9H2,1-2H3,(H,22,23,24). The number of aryl methyl sites for hydroxylation is 2. The molecular formula is C20H17N3O2S. The molecule has 1 N–H and O–H groups in total. The van der Waals surface area contributed by atoms with Crippen LogP contribution in [-0.2, 0) is 11.2 Å². The number of hydrogen-bond donors (Lipinski definition) is 1. The number of aromatic nitrogens is 2. The first-order valence-corrected chi connectivity index (χ1v) is 9.12. The Hall–Kier alpha value is -2.99. The fourth-order valence-electron chi connectivity index (χ4n) is 2.77. The number of benzene rings is 1. The number of amides is 1. The predicted molar refractivity (Wildman–Crippen MR) is 103 cm³/mol. The molecule has 0 aliphatic carbocycles. The average Bonchev–Trinajstić information content (AvgIpc) is 3.24. The Bertz CT molecular complexity index is 1080. The van der Waals surface area contributed by atoms with Gasteiger partial charge in [-0.15, -0.1) is 11.3 Å². The van der Waals surface area contributed by atoms with Crippen LogP contribution in [0, 0.1) is 13.8 Å². The number of thiazole rings is 1. The third-order valence-corrected chi connectivity index (χ3v) is 5.06. The highest BCUT2D eigenvalue weighted by atomic mass is 32.1. The molecule has 26 heavy (non-hydrogen) atoms. The molecule has 1 amide bonds. The second-order valence-corrected chi connectivity index (χ2v) is 7.03. The largest absolute Gasteiger partial charge is 0.464 e. The van der Waals surface area contributed by atoms with Crippen LogP contribution in [0.15, 0.2) is 52.6 Å². The zero-order valence-electron chi connectivity index (χ0n) is 14.4. The third-order valence-electron chi connectivity index (χ3n) is 4.30. The van der Waals surface area contributed by atoms with Gasteiger partial charge in [-0.25, -0.2) is 4.98 Å². The minimum atomic E-state index is -0.118. The van der Waals surface area contributed by atoms with E-state index in [0.29, 0.717) is 5.13 Å². The summed E-state index contributed by atoms with van der Waals surface area (Å²) in [6, 6.07) is 9.73. The van der Waals surface area contributed by atoms with Gasteiger partial charge in [0.1, 0.15) is 11.3 Å². The number of carbonyl (C=O) groups excluding carboxylic acids is 1. The molecule has 0 atom stereocenters. The first-order chi connectivity index (χ1) is 12.6. The number of pyridine rings is 1. The van der Waals surface area contributed by atoms with Gasteiger partial charge in [-0.2, -0.15) is 0 Å². The van der Waals surface area contributed by atoms with E-state index >= 15 is 0 Å². The van der Waals surface area contributed by atoms with E-state index in [-0.39, 0.29) is 12.3 Å². The predicted octanol–water partition coefficient (Wildman–Crippen LogP) is 4.75. The van der Waals surface area contributed by atoms with Crippen molar-refractivity contribution in [1.82, 2.24) is 9.97 Å². The number of fused-ring (bicyclic) bond motifs is 1. The van der Waals surface area contributed by atoms with Crippen molar-refractivity contribution in [2.45, 2.75) is 20.3 Å². The minimum absolute atomic E-state index is 0.118. The summed E-state index contributed by atoms with van der Waals surface area (Å²) in [7, 11) is 0. The lowest BCUT2D eigenvalue weighted by Crippen LogP contribution is -2.14. The molecule has 0 saturated heterocycles. The molecule has 4 rings (SSSR count). The highest BCUT2D eigenvalue weighted by molar-refractivity contribution is 7.14. The highest BCUT2D eigenvalue weighted by Crippen LogP contribution is 2.26. The van der Waals surface area contributed by atoms with Crippen molar-refractivity contribution in [1.29, 1.82) is 0 Å². The van der Waals surface area contributed by atoms with Crippen LogP contribution in [0.3, 0.4) is 0 Å². The Morgan fingerprint density at radius 2 is 2.04 bits per heavy atom. The highest BCUT2D eigenvalue weighted by Gasteiger charge is 2.13. The molecule has 3 heterocycles. The maximum absolute atomic E-state index is 12.4. The first-order valence-electron chi connectivity index (χ1n) is 8.24. The van der Waals surface area contributed by atoms with Crippen LogP contribution in [0.5, 0.6) is 0 Å². The van der Waals surface area contributed by atoms with Crippen molar-refractivity contribution >= 4 is 33.3 Å². The van der Waals surface area contributed by atoms with Crippen molar-refractivity contribution < 1.29 is 9.21 Å². The molecule has 0 unspecified atom stereocenters. The number of hydrogen-bond acceptors (Lipinski definition) is 5. The normalized spacial score (nSPS) is 11.0.